The van der Waals surface area contributed by atoms with Crippen LogP contribution in [0.15, 0.2) is 5.38 Å². The second-order valence-corrected chi connectivity index (χ2v) is 6.07. The Morgan fingerprint density at radius 2 is 2.16 bits per heavy atom. The summed E-state index contributed by atoms with van der Waals surface area (Å²) in [6.07, 6.45) is 2.82. The van der Waals surface area contributed by atoms with Crippen LogP contribution in [0.3, 0.4) is 0 Å². The first-order valence-corrected chi connectivity index (χ1v) is 7.65. The average Bonchev–Trinajstić information content (AvgIpc) is 3.12. The Bertz CT molecular complexity index is 450. The summed E-state index contributed by atoms with van der Waals surface area (Å²) >= 11 is 1.52. The third kappa shape index (κ3) is 3.06. The number of methoxy groups -OCH3 is 1. The Morgan fingerprint density at radius 3 is 2.79 bits per heavy atom. The van der Waals surface area contributed by atoms with Gasteiger partial charge in [0.25, 0.3) is 0 Å². The maximum Gasteiger partial charge on any atom is 0.357 e. The topological polar surface area (TPSA) is 45.7 Å². The minimum absolute atomic E-state index is 0.352. The van der Waals surface area contributed by atoms with E-state index in [0.29, 0.717) is 5.69 Å². The second-order valence-electron chi connectivity index (χ2n) is 5.24. The Kier molecular flexibility index (Phi) is 3.70. The lowest BCUT2D eigenvalue weighted by Crippen LogP contribution is -2.47. The minimum Gasteiger partial charge on any atom is -0.464 e. The van der Waals surface area contributed by atoms with E-state index < -0.39 is 0 Å². The zero-order chi connectivity index (χ0) is 13.2. The molecule has 1 aromatic rings. The molecule has 0 aromatic carbocycles. The van der Waals surface area contributed by atoms with Gasteiger partial charge in [-0.15, -0.1) is 11.3 Å². The highest BCUT2D eigenvalue weighted by atomic mass is 32.1. The molecule has 2 aliphatic rings. The van der Waals surface area contributed by atoms with Crippen molar-refractivity contribution in [2.24, 2.45) is 5.92 Å². The van der Waals surface area contributed by atoms with E-state index in [1.165, 1.54) is 37.8 Å². The molecule has 1 saturated carbocycles. The third-order valence-corrected chi connectivity index (χ3v) is 4.64. The fourth-order valence-electron chi connectivity index (χ4n) is 2.40. The molecule has 0 spiro atoms. The van der Waals surface area contributed by atoms with Crippen molar-refractivity contribution in [3.8, 4) is 0 Å². The van der Waals surface area contributed by atoms with Crippen LogP contribution in [0, 0.1) is 5.92 Å². The van der Waals surface area contributed by atoms with E-state index in [2.05, 4.69) is 19.5 Å². The van der Waals surface area contributed by atoms with Gasteiger partial charge in [-0.05, 0) is 18.8 Å². The number of aromatic nitrogens is 1. The first-order valence-electron chi connectivity index (χ1n) is 6.77. The van der Waals surface area contributed by atoms with Crippen LogP contribution < -0.4 is 4.90 Å². The maximum atomic E-state index is 11.4. The van der Waals surface area contributed by atoms with Gasteiger partial charge in [0.15, 0.2) is 10.8 Å². The van der Waals surface area contributed by atoms with Gasteiger partial charge in [0.2, 0.25) is 0 Å². The quantitative estimate of drug-likeness (QED) is 0.782. The van der Waals surface area contributed by atoms with Crippen molar-refractivity contribution < 1.29 is 9.53 Å². The number of esters is 1. The van der Waals surface area contributed by atoms with Crippen molar-refractivity contribution in [2.75, 3.05) is 44.7 Å². The van der Waals surface area contributed by atoms with Crippen LogP contribution in [0.4, 0.5) is 5.13 Å². The number of carbonyl (C=O) groups excluding carboxylic acids is 1. The lowest BCUT2D eigenvalue weighted by atomic mass is 10.3. The number of rotatable bonds is 4. The van der Waals surface area contributed by atoms with Gasteiger partial charge in [-0.3, -0.25) is 4.90 Å². The highest BCUT2D eigenvalue weighted by Crippen LogP contribution is 2.30. The van der Waals surface area contributed by atoms with Gasteiger partial charge in [0.05, 0.1) is 7.11 Å². The van der Waals surface area contributed by atoms with E-state index in [-0.39, 0.29) is 5.97 Å². The highest BCUT2D eigenvalue weighted by Gasteiger charge is 2.27. The van der Waals surface area contributed by atoms with Crippen molar-refractivity contribution >= 4 is 22.4 Å². The number of carbonyl (C=O) groups is 1. The molecule has 2 fully saturated rings. The Balaban J connectivity index is 1.55. The lowest BCUT2D eigenvalue weighted by Gasteiger charge is -2.34. The smallest absolute Gasteiger partial charge is 0.357 e. The van der Waals surface area contributed by atoms with Crippen LogP contribution in [-0.2, 0) is 4.74 Å². The number of anilines is 1. The molecule has 1 aliphatic heterocycles. The first-order chi connectivity index (χ1) is 9.26. The van der Waals surface area contributed by atoms with E-state index >= 15 is 0 Å². The van der Waals surface area contributed by atoms with Gasteiger partial charge in [0.1, 0.15) is 0 Å². The Labute approximate surface area is 117 Å². The predicted molar refractivity (Wildman–Crippen MR) is 74.8 cm³/mol. The molecule has 0 unspecified atom stereocenters. The minimum atomic E-state index is -0.352. The number of ether oxygens (including phenoxy) is 1. The van der Waals surface area contributed by atoms with Crippen molar-refractivity contribution in [3.05, 3.63) is 11.1 Å². The summed E-state index contributed by atoms with van der Waals surface area (Å²) in [7, 11) is 1.39. The summed E-state index contributed by atoms with van der Waals surface area (Å²) in [4.78, 5) is 20.5. The summed E-state index contributed by atoms with van der Waals surface area (Å²) in [5, 5.41) is 2.71. The van der Waals surface area contributed by atoms with E-state index in [0.717, 1.165) is 37.2 Å². The SMILES string of the molecule is COC(=O)c1csc(N2CCN(CC3CC3)CC2)n1. The van der Waals surface area contributed by atoms with E-state index in [1.54, 1.807) is 5.38 Å². The fraction of sp³-hybridized carbons (Fsp3) is 0.692. The lowest BCUT2D eigenvalue weighted by molar-refractivity contribution is 0.0595. The molecule has 1 aromatic heterocycles. The van der Waals surface area contributed by atoms with Gasteiger partial charge in [-0.25, -0.2) is 9.78 Å². The van der Waals surface area contributed by atoms with Crippen LogP contribution in [0.5, 0.6) is 0 Å². The molecule has 0 atom stereocenters. The van der Waals surface area contributed by atoms with Crippen LogP contribution in [-0.4, -0.2) is 55.7 Å². The van der Waals surface area contributed by atoms with Crippen molar-refractivity contribution in [1.29, 1.82) is 0 Å². The number of thiazole rings is 1. The predicted octanol–water partition coefficient (Wildman–Crippen LogP) is 1.46. The first kappa shape index (κ1) is 12.9. The van der Waals surface area contributed by atoms with Gasteiger partial charge < -0.3 is 9.64 Å². The Hall–Kier alpha value is -1.14. The Morgan fingerprint density at radius 1 is 1.42 bits per heavy atom. The summed E-state index contributed by atoms with van der Waals surface area (Å²) in [6.45, 7) is 5.47. The number of hydrogen-bond donors (Lipinski definition) is 0. The fourth-order valence-corrected chi connectivity index (χ4v) is 3.24. The summed E-state index contributed by atoms with van der Waals surface area (Å²) in [6, 6.07) is 0. The molecule has 104 valence electrons. The second kappa shape index (κ2) is 5.46. The molecule has 2 heterocycles. The zero-order valence-corrected chi connectivity index (χ0v) is 12.0. The normalized spacial score (nSPS) is 20.6. The molecular formula is C13H19N3O2S. The van der Waals surface area contributed by atoms with Crippen molar-refractivity contribution in [2.45, 2.75) is 12.8 Å². The molecular weight excluding hydrogens is 262 g/mol. The van der Waals surface area contributed by atoms with Crippen LogP contribution in [0.25, 0.3) is 0 Å². The number of piperazine rings is 1. The maximum absolute atomic E-state index is 11.4. The summed E-state index contributed by atoms with van der Waals surface area (Å²) in [5.41, 5.74) is 0.419. The summed E-state index contributed by atoms with van der Waals surface area (Å²) in [5.74, 6) is 0.604. The molecule has 5 nitrogen and oxygen atoms in total. The molecule has 1 saturated heterocycles. The molecule has 0 bridgehead atoms. The summed E-state index contributed by atoms with van der Waals surface area (Å²) < 4.78 is 4.68. The van der Waals surface area contributed by atoms with E-state index in [4.69, 9.17) is 0 Å². The molecule has 6 heteroatoms. The largest absolute Gasteiger partial charge is 0.464 e. The monoisotopic (exact) mass is 281 g/mol. The standard InChI is InChI=1S/C13H19N3O2S/c1-18-12(17)11-9-19-13(14-11)16-6-4-15(5-7-16)8-10-2-3-10/h9-10H,2-8H2,1H3. The average molecular weight is 281 g/mol. The van der Waals surface area contributed by atoms with Gasteiger partial charge in [-0.2, -0.15) is 0 Å². The zero-order valence-electron chi connectivity index (χ0n) is 11.2. The molecule has 0 radical (unpaired) electrons. The number of nitrogens with zero attached hydrogens (tertiary/aromatic N) is 3. The van der Waals surface area contributed by atoms with Crippen molar-refractivity contribution in [3.63, 3.8) is 0 Å². The number of hydrogen-bond acceptors (Lipinski definition) is 6. The van der Waals surface area contributed by atoms with Crippen LogP contribution >= 0.6 is 11.3 Å². The van der Waals surface area contributed by atoms with Gasteiger partial charge in [-0.1, -0.05) is 0 Å². The third-order valence-electron chi connectivity index (χ3n) is 3.74. The van der Waals surface area contributed by atoms with Crippen LogP contribution in [0.1, 0.15) is 23.3 Å². The molecule has 19 heavy (non-hydrogen) atoms. The molecule has 0 amide bonds. The molecule has 1 aliphatic carbocycles. The highest BCUT2D eigenvalue weighted by molar-refractivity contribution is 7.13. The van der Waals surface area contributed by atoms with Crippen molar-refractivity contribution in [1.82, 2.24) is 9.88 Å². The molecule has 3 rings (SSSR count). The van der Waals surface area contributed by atoms with Crippen LogP contribution in [0.2, 0.25) is 0 Å². The van der Waals surface area contributed by atoms with Gasteiger partial charge in [0, 0.05) is 38.1 Å². The van der Waals surface area contributed by atoms with Gasteiger partial charge >= 0.3 is 5.97 Å². The van der Waals surface area contributed by atoms with E-state index in [1.807, 2.05) is 0 Å². The molecule has 0 N–H and O–H groups in total. The van der Waals surface area contributed by atoms with E-state index in [9.17, 15) is 4.79 Å².